The Morgan fingerprint density at radius 2 is 1.89 bits per heavy atom. The normalized spacial score (nSPS) is 8.22. The number of halogens is 1. The van der Waals surface area contributed by atoms with Crippen LogP contribution >= 0.6 is 24.2 Å². The van der Waals surface area contributed by atoms with E-state index in [1.807, 2.05) is 0 Å². The van der Waals surface area contributed by atoms with Crippen molar-refractivity contribution in [2.75, 3.05) is 0 Å². The molecule has 0 aromatic carbocycles. The first-order valence-corrected chi connectivity index (χ1v) is 2.78. The van der Waals surface area contributed by atoms with Crippen LogP contribution < -0.4 is 0 Å². The Labute approximate surface area is 85.7 Å². The number of aromatic nitrogens is 2. The molecule has 0 unspecified atom stereocenters. The Morgan fingerprint density at radius 3 is 2.22 bits per heavy atom. The molecule has 5 heteroatoms. The van der Waals surface area contributed by atoms with E-state index < -0.39 is 0 Å². The van der Waals surface area contributed by atoms with Crippen molar-refractivity contribution in [2.24, 2.45) is 0 Å². The standard InChI is InChI=1S/C4H3ClN2S.Na.H/c5-3-4(8)7-2-1-6-3;;/h1-2H,(H,7,8);;. The molecule has 0 aliphatic heterocycles. The zero-order valence-electron chi connectivity index (χ0n) is 3.87. The zero-order chi connectivity index (χ0) is 5.98. The molecule has 0 spiro atoms. The van der Waals surface area contributed by atoms with Crippen LogP contribution in [0.3, 0.4) is 0 Å². The minimum absolute atomic E-state index is 0. The molecule has 0 N–H and O–H groups in total. The SMILES string of the molecule is Sc1nccnc1Cl.[NaH]. The Hall–Kier alpha value is 0.720. The average molecular weight is 171 g/mol. The van der Waals surface area contributed by atoms with Crippen molar-refractivity contribution in [1.29, 1.82) is 0 Å². The molecular formula is C4H4ClN2NaS. The number of hydrogen-bond acceptors (Lipinski definition) is 3. The molecule has 0 fully saturated rings. The van der Waals surface area contributed by atoms with E-state index in [1.54, 1.807) is 0 Å². The van der Waals surface area contributed by atoms with E-state index >= 15 is 0 Å². The summed E-state index contributed by atoms with van der Waals surface area (Å²) < 4.78 is 0. The summed E-state index contributed by atoms with van der Waals surface area (Å²) in [7, 11) is 0. The second-order valence-electron chi connectivity index (χ2n) is 1.17. The van der Waals surface area contributed by atoms with Gasteiger partial charge in [-0.1, -0.05) is 11.6 Å². The molecule has 2 nitrogen and oxygen atoms in total. The number of thiol groups is 1. The molecule has 0 saturated carbocycles. The van der Waals surface area contributed by atoms with Crippen molar-refractivity contribution in [3.05, 3.63) is 17.5 Å². The second-order valence-corrected chi connectivity index (χ2v) is 1.95. The van der Waals surface area contributed by atoms with Crippen LogP contribution in [-0.2, 0) is 0 Å². The minimum atomic E-state index is 0. The van der Waals surface area contributed by atoms with Gasteiger partial charge in [0.1, 0.15) is 5.03 Å². The number of nitrogens with zero attached hydrogens (tertiary/aromatic N) is 2. The molecule has 1 aromatic rings. The van der Waals surface area contributed by atoms with Gasteiger partial charge in [0.05, 0.1) is 0 Å². The van der Waals surface area contributed by atoms with Crippen LogP contribution in [0.4, 0.5) is 0 Å². The molecular weight excluding hydrogens is 167 g/mol. The van der Waals surface area contributed by atoms with Crippen LogP contribution in [0.2, 0.25) is 5.15 Å². The third-order valence-electron chi connectivity index (χ3n) is 0.636. The van der Waals surface area contributed by atoms with Crippen LogP contribution in [0.15, 0.2) is 17.4 Å². The van der Waals surface area contributed by atoms with E-state index in [4.69, 9.17) is 11.6 Å². The first-order valence-electron chi connectivity index (χ1n) is 1.96. The van der Waals surface area contributed by atoms with Gasteiger partial charge in [0.25, 0.3) is 0 Å². The molecule has 0 saturated heterocycles. The summed E-state index contributed by atoms with van der Waals surface area (Å²) in [5.74, 6) is 0. The van der Waals surface area contributed by atoms with E-state index in [2.05, 4.69) is 22.6 Å². The molecule has 1 heterocycles. The van der Waals surface area contributed by atoms with Crippen molar-refractivity contribution in [2.45, 2.75) is 5.03 Å². The van der Waals surface area contributed by atoms with Gasteiger partial charge in [-0.15, -0.1) is 12.6 Å². The molecule has 0 bridgehead atoms. The van der Waals surface area contributed by atoms with Gasteiger partial charge in [-0.25, -0.2) is 9.97 Å². The van der Waals surface area contributed by atoms with Crippen LogP contribution in [0, 0.1) is 0 Å². The zero-order valence-corrected chi connectivity index (χ0v) is 5.52. The van der Waals surface area contributed by atoms with Gasteiger partial charge in [-0.3, -0.25) is 0 Å². The predicted molar refractivity (Wildman–Crippen MR) is 41.4 cm³/mol. The third kappa shape index (κ3) is 2.87. The Bertz CT molecular complexity index is 175. The Morgan fingerprint density at radius 1 is 1.33 bits per heavy atom. The molecule has 1 aromatic heterocycles. The molecule has 0 amide bonds. The van der Waals surface area contributed by atoms with Gasteiger partial charge in [-0.05, 0) is 0 Å². The summed E-state index contributed by atoms with van der Waals surface area (Å²) >= 11 is 9.35. The van der Waals surface area contributed by atoms with E-state index in [-0.39, 0.29) is 29.6 Å². The fourth-order valence-electron chi connectivity index (χ4n) is 0.314. The molecule has 1 rings (SSSR count). The molecule has 0 aliphatic carbocycles. The van der Waals surface area contributed by atoms with E-state index in [0.29, 0.717) is 10.2 Å². The van der Waals surface area contributed by atoms with Gasteiger partial charge >= 0.3 is 29.6 Å². The third-order valence-corrected chi connectivity index (χ3v) is 1.37. The molecule has 0 radical (unpaired) electrons. The molecule has 44 valence electrons. The quantitative estimate of drug-likeness (QED) is 0.460. The predicted octanol–water partition coefficient (Wildman–Crippen LogP) is 0.770. The van der Waals surface area contributed by atoms with E-state index in [1.165, 1.54) is 12.4 Å². The van der Waals surface area contributed by atoms with Gasteiger partial charge in [-0.2, -0.15) is 0 Å². The molecule has 0 atom stereocenters. The maximum atomic E-state index is 5.46. The summed E-state index contributed by atoms with van der Waals surface area (Å²) in [4.78, 5) is 7.45. The van der Waals surface area contributed by atoms with Crippen molar-refractivity contribution in [1.82, 2.24) is 9.97 Å². The van der Waals surface area contributed by atoms with Gasteiger partial charge in [0, 0.05) is 12.4 Å². The maximum absolute atomic E-state index is 5.46. The summed E-state index contributed by atoms with van der Waals surface area (Å²) in [6, 6.07) is 0. The fraction of sp³-hybridized carbons (Fsp3) is 0. The summed E-state index contributed by atoms with van der Waals surface area (Å²) in [6.07, 6.45) is 3.05. The van der Waals surface area contributed by atoms with E-state index in [0.717, 1.165) is 0 Å². The van der Waals surface area contributed by atoms with Crippen LogP contribution in [0.1, 0.15) is 0 Å². The fourth-order valence-corrected chi connectivity index (χ4v) is 0.543. The van der Waals surface area contributed by atoms with Gasteiger partial charge in [0.15, 0.2) is 5.15 Å². The van der Waals surface area contributed by atoms with Crippen molar-refractivity contribution < 1.29 is 0 Å². The number of rotatable bonds is 0. The average Bonchev–Trinajstić information content (AvgIpc) is 1.77. The topological polar surface area (TPSA) is 25.8 Å². The Balaban J connectivity index is 0.000000640. The van der Waals surface area contributed by atoms with Crippen LogP contribution in [0.25, 0.3) is 0 Å². The van der Waals surface area contributed by atoms with Crippen molar-refractivity contribution in [3.8, 4) is 0 Å². The van der Waals surface area contributed by atoms with Crippen molar-refractivity contribution in [3.63, 3.8) is 0 Å². The summed E-state index contributed by atoms with van der Waals surface area (Å²) in [5, 5.41) is 0.810. The monoisotopic (exact) mass is 170 g/mol. The van der Waals surface area contributed by atoms with Gasteiger partial charge in [0.2, 0.25) is 0 Å². The second kappa shape index (κ2) is 4.52. The van der Waals surface area contributed by atoms with E-state index in [9.17, 15) is 0 Å². The van der Waals surface area contributed by atoms with Crippen LogP contribution in [-0.4, -0.2) is 39.5 Å². The first-order chi connectivity index (χ1) is 3.80. The van der Waals surface area contributed by atoms with Gasteiger partial charge < -0.3 is 0 Å². The molecule has 9 heavy (non-hydrogen) atoms. The number of hydrogen-bond donors (Lipinski definition) is 1. The molecule has 0 aliphatic rings. The summed E-state index contributed by atoms with van der Waals surface area (Å²) in [6.45, 7) is 0. The van der Waals surface area contributed by atoms with Crippen molar-refractivity contribution >= 4 is 53.8 Å². The first kappa shape index (κ1) is 9.72. The Kier molecular flexibility index (Phi) is 4.88. The van der Waals surface area contributed by atoms with Crippen LogP contribution in [0.5, 0.6) is 0 Å². The summed E-state index contributed by atoms with van der Waals surface area (Å²) in [5.41, 5.74) is 0.